The highest BCUT2D eigenvalue weighted by molar-refractivity contribution is 5.98. The van der Waals surface area contributed by atoms with Crippen molar-refractivity contribution in [2.75, 3.05) is 11.9 Å². The van der Waals surface area contributed by atoms with Crippen LogP contribution in [-0.2, 0) is 4.79 Å². The predicted molar refractivity (Wildman–Crippen MR) is 93.1 cm³/mol. The summed E-state index contributed by atoms with van der Waals surface area (Å²) in [6.45, 7) is 7.77. The average molecular weight is 331 g/mol. The van der Waals surface area contributed by atoms with Crippen LogP contribution in [0.2, 0.25) is 0 Å². The minimum Gasteiger partial charge on any atom is -0.350 e. The van der Waals surface area contributed by atoms with Crippen LogP contribution in [0.15, 0.2) is 24.3 Å². The van der Waals surface area contributed by atoms with E-state index in [0.717, 1.165) is 6.42 Å². The summed E-state index contributed by atoms with van der Waals surface area (Å²) in [6, 6.07) is 6.01. The number of ketones is 1. The number of Topliss-reactive ketones (excluding diaryl/α,β-unsaturated/α-hetero) is 1. The molecule has 0 spiro atoms. The largest absolute Gasteiger partial charge is 0.350 e. The first kappa shape index (κ1) is 18.0. The van der Waals surface area contributed by atoms with E-state index in [1.807, 2.05) is 20.8 Å². The number of carbonyl (C=O) groups is 3. The van der Waals surface area contributed by atoms with Gasteiger partial charge in [0.2, 0.25) is 5.91 Å². The van der Waals surface area contributed by atoms with Gasteiger partial charge in [-0.05, 0) is 52.7 Å². The molecule has 0 bridgehead atoms. The summed E-state index contributed by atoms with van der Waals surface area (Å²) >= 11 is 0. The number of urea groups is 1. The lowest BCUT2D eigenvalue weighted by Crippen LogP contribution is -2.52. The fourth-order valence-electron chi connectivity index (χ4n) is 2.75. The third kappa shape index (κ3) is 4.57. The van der Waals surface area contributed by atoms with Crippen LogP contribution in [0.1, 0.15) is 50.9 Å². The van der Waals surface area contributed by atoms with E-state index in [4.69, 9.17) is 0 Å². The van der Waals surface area contributed by atoms with Crippen LogP contribution >= 0.6 is 0 Å². The fraction of sp³-hybridized carbons (Fsp3) is 0.500. The molecule has 6 heteroatoms. The summed E-state index contributed by atoms with van der Waals surface area (Å²) in [4.78, 5) is 37.9. The highest BCUT2D eigenvalue weighted by atomic mass is 16.2. The lowest BCUT2D eigenvalue weighted by Gasteiger charge is -2.28. The van der Waals surface area contributed by atoms with Gasteiger partial charge in [-0.15, -0.1) is 0 Å². The van der Waals surface area contributed by atoms with Crippen molar-refractivity contribution in [3.05, 3.63) is 29.8 Å². The van der Waals surface area contributed by atoms with Crippen molar-refractivity contribution >= 4 is 23.4 Å². The van der Waals surface area contributed by atoms with Crippen molar-refractivity contribution in [2.24, 2.45) is 0 Å². The third-order valence-electron chi connectivity index (χ3n) is 3.83. The van der Waals surface area contributed by atoms with Crippen LogP contribution in [-0.4, -0.2) is 40.7 Å². The molecule has 2 N–H and O–H groups in total. The number of anilines is 1. The molecule has 1 aromatic carbocycles. The maximum Gasteiger partial charge on any atom is 0.322 e. The molecule has 1 aliphatic heterocycles. The van der Waals surface area contributed by atoms with Gasteiger partial charge in [0.1, 0.15) is 6.04 Å². The summed E-state index contributed by atoms with van der Waals surface area (Å²) in [7, 11) is 0. The monoisotopic (exact) mass is 331 g/mol. The second-order valence-electron chi connectivity index (χ2n) is 7.16. The van der Waals surface area contributed by atoms with Crippen LogP contribution in [0, 0.1) is 0 Å². The van der Waals surface area contributed by atoms with Crippen molar-refractivity contribution in [1.29, 1.82) is 0 Å². The quantitative estimate of drug-likeness (QED) is 0.836. The van der Waals surface area contributed by atoms with Crippen LogP contribution in [0.25, 0.3) is 0 Å². The Balaban J connectivity index is 2.07. The summed E-state index contributed by atoms with van der Waals surface area (Å²) < 4.78 is 0. The van der Waals surface area contributed by atoms with Gasteiger partial charge in [0.15, 0.2) is 5.78 Å². The summed E-state index contributed by atoms with van der Waals surface area (Å²) in [5.41, 5.74) is 0.753. The van der Waals surface area contributed by atoms with E-state index in [-0.39, 0.29) is 23.3 Å². The Labute approximate surface area is 142 Å². The second kappa shape index (κ2) is 7.03. The molecule has 2 rings (SSSR count). The Morgan fingerprint density at radius 3 is 2.54 bits per heavy atom. The van der Waals surface area contributed by atoms with Crippen molar-refractivity contribution in [1.82, 2.24) is 10.2 Å². The van der Waals surface area contributed by atoms with E-state index < -0.39 is 6.04 Å². The molecular formula is C18H25N3O3. The number of benzene rings is 1. The molecule has 0 aromatic heterocycles. The highest BCUT2D eigenvalue weighted by Gasteiger charge is 2.35. The van der Waals surface area contributed by atoms with Crippen LogP contribution in [0.3, 0.4) is 0 Å². The fourth-order valence-corrected chi connectivity index (χ4v) is 2.75. The van der Waals surface area contributed by atoms with E-state index in [0.29, 0.717) is 24.2 Å². The maximum absolute atomic E-state index is 12.5. The molecule has 24 heavy (non-hydrogen) atoms. The van der Waals surface area contributed by atoms with Crippen molar-refractivity contribution in [3.63, 3.8) is 0 Å². The van der Waals surface area contributed by atoms with Gasteiger partial charge in [-0.25, -0.2) is 4.79 Å². The number of hydrogen-bond acceptors (Lipinski definition) is 3. The molecule has 0 saturated carbocycles. The molecule has 3 amide bonds. The van der Waals surface area contributed by atoms with Crippen LogP contribution < -0.4 is 10.6 Å². The number of rotatable bonds is 3. The maximum atomic E-state index is 12.5. The zero-order valence-corrected chi connectivity index (χ0v) is 14.7. The minimum atomic E-state index is -0.458. The summed E-state index contributed by atoms with van der Waals surface area (Å²) in [5.74, 6) is -0.192. The molecule has 0 unspecified atom stereocenters. The Morgan fingerprint density at radius 1 is 1.21 bits per heavy atom. The van der Waals surface area contributed by atoms with E-state index in [9.17, 15) is 14.4 Å². The third-order valence-corrected chi connectivity index (χ3v) is 3.83. The lowest BCUT2D eigenvalue weighted by atomic mass is 10.1. The SMILES string of the molecule is CC(=O)c1cccc(NC(=O)N2CCC[C@H]2C(=O)NC(C)(C)C)c1. The Morgan fingerprint density at radius 2 is 1.92 bits per heavy atom. The molecular weight excluding hydrogens is 306 g/mol. The van der Waals surface area contributed by atoms with Gasteiger partial charge in [-0.1, -0.05) is 12.1 Å². The Bertz CT molecular complexity index is 649. The minimum absolute atomic E-state index is 0.0605. The number of nitrogens with zero attached hydrogens (tertiary/aromatic N) is 1. The van der Waals surface area contributed by atoms with Crippen molar-refractivity contribution < 1.29 is 14.4 Å². The normalized spacial score (nSPS) is 17.5. The molecule has 1 aromatic rings. The number of likely N-dealkylation sites (tertiary alicyclic amines) is 1. The molecule has 1 saturated heterocycles. The van der Waals surface area contributed by atoms with Gasteiger partial charge >= 0.3 is 6.03 Å². The number of amides is 3. The first-order chi connectivity index (χ1) is 11.2. The number of carbonyl (C=O) groups excluding carboxylic acids is 3. The summed E-state index contributed by atoms with van der Waals surface area (Å²) in [5, 5.41) is 5.71. The van der Waals surface area contributed by atoms with E-state index in [2.05, 4.69) is 10.6 Å². The van der Waals surface area contributed by atoms with Gasteiger partial charge < -0.3 is 15.5 Å². The standard InChI is InChI=1S/C18H25N3O3/c1-12(22)13-7-5-8-14(11-13)19-17(24)21-10-6-9-15(21)16(23)20-18(2,3)4/h5,7-8,11,15H,6,9-10H2,1-4H3,(H,19,24)(H,20,23)/t15-/m0/s1. The Hall–Kier alpha value is -2.37. The van der Waals surface area contributed by atoms with Crippen molar-refractivity contribution in [3.8, 4) is 0 Å². The Kier molecular flexibility index (Phi) is 5.26. The summed E-state index contributed by atoms with van der Waals surface area (Å²) in [6.07, 6.45) is 1.45. The molecule has 0 radical (unpaired) electrons. The predicted octanol–water partition coefficient (Wildman–Crippen LogP) is 2.80. The highest BCUT2D eigenvalue weighted by Crippen LogP contribution is 2.20. The average Bonchev–Trinajstić information content (AvgIpc) is 2.95. The molecule has 1 fully saturated rings. The van der Waals surface area contributed by atoms with Crippen molar-refractivity contribution in [2.45, 2.75) is 52.1 Å². The molecule has 6 nitrogen and oxygen atoms in total. The number of nitrogens with one attached hydrogen (secondary N) is 2. The molecule has 1 atom stereocenters. The van der Waals surface area contributed by atoms with Gasteiger partial charge in [0, 0.05) is 23.3 Å². The first-order valence-electron chi connectivity index (χ1n) is 8.18. The smallest absolute Gasteiger partial charge is 0.322 e. The molecule has 130 valence electrons. The van der Waals surface area contributed by atoms with Gasteiger partial charge in [0.05, 0.1) is 0 Å². The topological polar surface area (TPSA) is 78.5 Å². The molecule has 1 aliphatic rings. The van der Waals surface area contributed by atoms with Gasteiger partial charge in [-0.3, -0.25) is 9.59 Å². The molecule has 1 heterocycles. The lowest BCUT2D eigenvalue weighted by molar-refractivity contribution is -0.126. The zero-order valence-electron chi connectivity index (χ0n) is 14.7. The van der Waals surface area contributed by atoms with E-state index in [1.54, 1.807) is 29.2 Å². The zero-order chi connectivity index (χ0) is 17.9. The first-order valence-corrected chi connectivity index (χ1v) is 8.18. The van der Waals surface area contributed by atoms with Gasteiger partial charge in [-0.2, -0.15) is 0 Å². The van der Waals surface area contributed by atoms with Crippen LogP contribution in [0.4, 0.5) is 10.5 Å². The molecule has 0 aliphatic carbocycles. The van der Waals surface area contributed by atoms with Gasteiger partial charge in [0.25, 0.3) is 0 Å². The second-order valence-corrected chi connectivity index (χ2v) is 7.16. The van der Waals surface area contributed by atoms with E-state index in [1.165, 1.54) is 6.92 Å². The van der Waals surface area contributed by atoms with Crippen LogP contribution in [0.5, 0.6) is 0 Å². The number of hydrogen-bond donors (Lipinski definition) is 2. The van der Waals surface area contributed by atoms with E-state index >= 15 is 0 Å².